The molecule has 2 amide bonds. The number of benzene rings is 1. The molecule has 0 aliphatic rings. The first-order chi connectivity index (χ1) is 11.0. The summed E-state index contributed by atoms with van der Waals surface area (Å²) in [6.07, 6.45) is 1.23. The van der Waals surface area contributed by atoms with E-state index in [9.17, 15) is 9.59 Å². The smallest absolute Gasteiger partial charge is 0.339 e. The molecular formula is C14H10Cl2N4O3. The summed E-state index contributed by atoms with van der Waals surface area (Å²) < 4.78 is 0. The first kappa shape index (κ1) is 16.7. The number of anilines is 1. The summed E-state index contributed by atoms with van der Waals surface area (Å²) in [7, 11) is 0. The van der Waals surface area contributed by atoms with Gasteiger partial charge in [0.05, 0.1) is 11.8 Å². The molecule has 0 radical (unpaired) electrons. The van der Waals surface area contributed by atoms with Crippen LogP contribution in [0.3, 0.4) is 0 Å². The zero-order chi connectivity index (χ0) is 16.8. The molecule has 0 aliphatic carbocycles. The average Bonchev–Trinajstić information content (AvgIpc) is 2.46. The van der Waals surface area contributed by atoms with Crippen LogP contribution in [0.1, 0.15) is 15.9 Å². The minimum absolute atomic E-state index is 0.0751. The van der Waals surface area contributed by atoms with Crippen LogP contribution in [0.25, 0.3) is 0 Å². The molecule has 0 bridgehead atoms. The summed E-state index contributed by atoms with van der Waals surface area (Å²) in [5.74, 6) is -1.09. The molecule has 0 atom stereocenters. The number of nitrogens with one attached hydrogen (secondary N) is 2. The van der Waals surface area contributed by atoms with E-state index < -0.39 is 12.0 Å². The van der Waals surface area contributed by atoms with Crippen LogP contribution in [-0.4, -0.2) is 28.3 Å². The first-order valence-electron chi connectivity index (χ1n) is 6.21. The second-order valence-corrected chi connectivity index (χ2v) is 4.99. The summed E-state index contributed by atoms with van der Waals surface area (Å²) in [6, 6.07) is 8.44. The molecule has 0 aliphatic heterocycles. The maximum Gasteiger partial charge on any atom is 0.339 e. The largest absolute Gasteiger partial charge is 0.478 e. The molecule has 9 heteroatoms. The molecule has 23 heavy (non-hydrogen) atoms. The highest BCUT2D eigenvalue weighted by Crippen LogP contribution is 2.18. The van der Waals surface area contributed by atoms with Gasteiger partial charge in [0.2, 0.25) is 0 Å². The first-order valence-corrected chi connectivity index (χ1v) is 6.97. The number of urea groups is 1. The number of amides is 2. The third kappa shape index (κ3) is 4.94. The van der Waals surface area contributed by atoms with Crippen molar-refractivity contribution >= 4 is 47.1 Å². The molecule has 7 nitrogen and oxygen atoms in total. The van der Waals surface area contributed by atoms with Crippen molar-refractivity contribution in [2.75, 3.05) is 5.32 Å². The van der Waals surface area contributed by atoms with Gasteiger partial charge >= 0.3 is 12.0 Å². The lowest BCUT2D eigenvalue weighted by Crippen LogP contribution is -2.24. The van der Waals surface area contributed by atoms with Crippen LogP contribution < -0.4 is 10.7 Å². The summed E-state index contributed by atoms with van der Waals surface area (Å²) >= 11 is 11.4. The van der Waals surface area contributed by atoms with Gasteiger partial charge in [0.25, 0.3) is 0 Å². The van der Waals surface area contributed by atoms with Crippen LogP contribution in [0, 0.1) is 0 Å². The lowest BCUT2D eigenvalue weighted by molar-refractivity contribution is 0.0696. The fraction of sp³-hybridized carbons (Fsp3) is 0. The number of rotatable bonds is 4. The van der Waals surface area contributed by atoms with Crippen LogP contribution in [-0.2, 0) is 0 Å². The van der Waals surface area contributed by atoms with E-state index in [0.29, 0.717) is 11.3 Å². The Labute approximate surface area is 140 Å². The van der Waals surface area contributed by atoms with Crippen molar-refractivity contribution in [3.05, 3.63) is 57.8 Å². The molecule has 0 saturated heterocycles. The van der Waals surface area contributed by atoms with E-state index in [2.05, 4.69) is 20.8 Å². The maximum absolute atomic E-state index is 11.7. The fourth-order valence-electron chi connectivity index (χ4n) is 1.66. The molecule has 0 saturated carbocycles. The lowest BCUT2D eigenvalue weighted by atomic mass is 10.1. The van der Waals surface area contributed by atoms with Gasteiger partial charge in [0, 0.05) is 11.3 Å². The third-order valence-electron chi connectivity index (χ3n) is 2.58. The van der Waals surface area contributed by atoms with Crippen molar-refractivity contribution in [3.8, 4) is 0 Å². The maximum atomic E-state index is 11.7. The summed E-state index contributed by atoms with van der Waals surface area (Å²) in [6.45, 7) is 0. The zero-order valence-electron chi connectivity index (χ0n) is 11.5. The van der Waals surface area contributed by atoms with Crippen LogP contribution in [0.15, 0.2) is 41.5 Å². The van der Waals surface area contributed by atoms with Gasteiger partial charge in [0.15, 0.2) is 0 Å². The molecular weight excluding hydrogens is 343 g/mol. The van der Waals surface area contributed by atoms with E-state index in [0.717, 1.165) is 0 Å². The number of carboxylic acid groups (broad SMARTS) is 1. The van der Waals surface area contributed by atoms with Gasteiger partial charge in [-0.05, 0) is 18.2 Å². The van der Waals surface area contributed by atoms with Crippen LogP contribution in [0.4, 0.5) is 10.5 Å². The molecule has 1 aromatic heterocycles. The minimum atomic E-state index is -1.09. The number of carbonyl (C=O) groups is 2. The van der Waals surface area contributed by atoms with Crippen molar-refractivity contribution in [2.45, 2.75) is 0 Å². The van der Waals surface area contributed by atoms with Crippen LogP contribution in [0.5, 0.6) is 0 Å². The predicted octanol–water partition coefficient (Wildman–Crippen LogP) is 3.24. The molecule has 3 N–H and O–H groups in total. The second kappa shape index (κ2) is 7.57. The third-order valence-corrected chi connectivity index (χ3v) is 2.97. The molecule has 2 aromatic rings. The van der Waals surface area contributed by atoms with Crippen molar-refractivity contribution in [3.63, 3.8) is 0 Å². The van der Waals surface area contributed by atoms with Gasteiger partial charge in [-0.2, -0.15) is 5.10 Å². The molecule has 0 spiro atoms. The molecule has 0 fully saturated rings. The number of carboxylic acids is 1. The monoisotopic (exact) mass is 352 g/mol. The van der Waals surface area contributed by atoms with Crippen molar-refractivity contribution < 1.29 is 14.7 Å². The average molecular weight is 353 g/mol. The van der Waals surface area contributed by atoms with Crippen molar-refractivity contribution in [2.24, 2.45) is 5.10 Å². The zero-order valence-corrected chi connectivity index (χ0v) is 13.0. The Balaban J connectivity index is 2.00. The number of aromatic nitrogens is 1. The quantitative estimate of drug-likeness (QED) is 0.446. The van der Waals surface area contributed by atoms with Gasteiger partial charge in [-0.3, -0.25) is 0 Å². The number of halogens is 2. The SMILES string of the molecule is O=C(NN=Cc1ccccc1C(=O)O)Nc1cc(Cl)nc(Cl)c1. The van der Waals surface area contributed by atoms with Crippen LogP contribution >= 0.6 is 23.2 Å². The highest BCUT2D eigenvalue weighted by molar-refractivity contribution is 6.32. The van der Waals surface area contributed by atoms with E-state index >= 15 is 0 Å². The van der Waals surface area contributed by atoms with E-state index in [-0.39, 0.29) is 15.9 Å². The standard InChI is InChI=1S/C14H10Cl2N4O3/c15-11-5-9(6-12(16)19-11)18-14(23)20-17-7-8-3-1-2-4-10(8)13(21)22/h1-7H,(H,21,22)(H2,18,19,20,23). The van der Waals surface area contributed by atoms with E-state index in [1.54, 1.807) is 18.2 Å². The number of hydrogen-bond donors (Lipinski definition) is 3. The summed E-state index contributed by atoms with van der Waals surface area (Å²) in [4.78, 5) is 26.5. The van der Waals surface area contributed by atoms with Gasteiger partial charge in [-0.15, -0.1) is 0 Å². The van der Waals surface area contributed by atoms with E-state index in [1.807, 2.05) is 0 Å². The van der Waals surface area contributed by atoms with E-state index in [1.165, 1.54) is 24.4 Å². The minimum Gasteiger partial charge on any atom is -0.478 e. The van der Waals surface area contributed by atoms with Gasteiger partial charge in [-0.25, -0.2) is 20.0 Å². The normalized spacial score (nSPS) is 10.5. The molecule has 118 valence electrons. The summed E-state index contributed by atoms with van der Waals surface area (Å²) in [5, 5.41) is 15.4. The molecule has 0 unspecified atom stereocenters. The number of hydrazone groups is 1. The van der Waals surface area contributed by atoms with E-state index in [4.69, 9.17) is 28.3 Å². The van der Waals surface area contributed by atoms with Gasteiger partial charge in [0.1, 0.15) is 10.3 Å². The number of carbonyl (C=O) groups excluding carboxylic acids is 1. The Morgan fingerprint density at radius 3 is 2.48 bits per heavy atom. The number of pyridine rings is 1. The van der Waals surface area contributed by atoms with Crippen molar-refractivity contribution in [1.82, 2.24) is 10.4 Å². The lowest BCUT2D eigenvalue weighted by Gasteiger charge is -2.05. The molecule has 2 rings (SSSR count). The molecule has 1 heterocycles. The fourth-order valence-corrected chi connectivity index (χ4v) is 2.12. The Kier molecular flexibility index (Phi) is 5.51. The van der Waals surface area contributed by atoms with Crippen molar-refractivity contribution in [1.29, 1.82) is 0 Å². The Bertz CT molecular complexity index is 760. The number of hydrogen-bond acceptors (Lipinski definition) is 4. The second-order valence-electron chi connectivity index (χ2n) is 4.22. The number of nitrogens with zero attached hydrogens (tertiary/aromatic N) is 2. The Morgan fingerprint density at radius 1 is 1.17 bits per heavy atom. The topological polar surface area (TPSA) is 104 Å². The Morgan fingerprint density at radius 2 is 1.83 bits per heavy atom. The number of aromatic carboxylic acids is 1. The van der Waals surface area contributed by atoms with Crippen LogP contribution in [0.2, 0.25) is 10.3 Å². The highest BCUT2D eigenvalue weighted by Gasteiger charge is 2.07. The molecule has 1 aromatic carbocycles. The Hall–Kier alpha value is -2.64. The summed E-state index contributed by atoms with van der Waals surface area (Å²) in [5.41, 5.74) is 2.98. The highest BCUT2D eigenvalue weighted by atomic mass is 35.5. The predicted molar refractivity (Wildman–Crippen MR) is 87.4 cm³/mol. The van der Waals surface area contributed by atoms with Gasteiger partial charge in [-0.1, -0.05) is 41.4 Å². The van der Waals surface area contributed by atoms with Gasteiger partial charge < -0.3 is 10.4 Å².